The van der Waals surface area contributed by atoms with Gasteiger partial charge in [-0.3, -0.25) is 14.5 Å². The molecule has 1 aromatic carbocycles. The van der Waals surface area contributed by atoms with Gasteiger partial charge in [-0.1, -0.05) is 43.9 Å². The monoisotopic (exact) mass is 480 g/mol. The zero-order chi connectivity index (χ0) is 24.2. The van der Waals surface area contributed by atoms with Crippen molar-refractivity contribution >= 4 is 17.4 Å². The maximum Gasteiger partial charge on any atom is 0.306 e. The molecule has 5 nitrogen and oxygen atoms in total. The number of rotatable bonds is 9. The van der Waals surface area contributed by atoms with Crippen molar-refractivity contribution in [2.24, 2.45) is 11.8 Å². The number of fused-ring (bicyclic) bond motifs is 4. The topological polar surface area (TPSA) is 58.6 Å². The van der Waals surface area contributed by atoms with Gasteiger partial charge in [-0.2, -0.15) is 0 Å². The first-order valence-corrected chi connectivity index (χ1v) is 14.4. The van der Waals surface area contributed by atoms with Crippen LogP contribution >= 0.6 is 0 Å². The summed E-state index contributed by atoms with van der Waals surface area (Å²) in [4.78, 5) is 27.2. The number of benzene rings is 1. The highest BCUT2D eigenvalue weighted by molar-refractivity contribution is 5.85. The van der Waals surface area contributed by atoms with Gasteiger partial charge in [-0.25, -0.2) is 0 Å². The minimum Gasteiger partial charge on any atom is -0.466 e. The average Bonchev–Trinajstić information content (AvgIpc) is 2.83. The van der Waals surface area contributed by atoms with Gasteiger partial charge in [0.15, 0.2) is 0 Å². The van der Waals surface area contributed by atoms with Gasteiger partial charge in [-0.05, 0) is 75.3 Å². The maximum atomic E-state index is 12.6. The Hall–Kier alpha value is -1.88. The number of para-hydroxylation sites is 1. The van der Waals surface area contributed by atoms with Gasteiger partial charge in [0.1, 0.15) is 5.78 Å². The van der Waals surface area contributed by atoms with E-state index in [1.54, 1.807) is 6.92 Å². The molecule has 4 bridgehead atoms. The molecule has 0 amide bonds. The first kappa shape index (κ1) is 24.8. The third-order valence-electron chi connectivity index (χ3n) is 9.23. The van der Waals surface area contributed by atoms with Gasteiger partial charge in [0.2, 0.25) is 0 Å². The molecule has 2 aliphatic heterocycles. The van der Waals surface area contributed by atoms with E-state index < -0.39 is 0 Å². The van der Waals surface area contributed by atoms with E-state index in [4.69, 9.17) is 4.74 Å². The van der Waals surface area contributed by atoms with Gasteiger partial charge in [0, 0.05) is 42.7 Å². The van der Waals surface area contributed by atoms with E-state index in [0.717, 1.165) is 29.1 Å². The summed E-state index contributed by atoms with van der Waals surface area (Å²) in [6, 6.07) is 11.0. The zero-order valence-corrected chi connectivity index (χ0v) is 21.6. The Kier molecular flexibility index (Phi) is 8.11. The molecule has 4 fully saturated rings. The smallest absolute Gasteiger partial charge is 0.306 e. The van der Waals surface area contributed by atoms with Crippen LogP contribution in [0, 0.1) is 11.8 Å². The Balaban J connectivity index is 1.20. The predicted molar refractivity (Wildman–Crippen MR) is 139 cm³/mol. The number of esters is 1. The van der Waals surface area contributed by atoms with E-state index in [1.165, 1.54) is 70.6 Å². The van der Waals surface area contributed by atoms with Crippen molar-refractivity contribution in [3.05, 3.63) is 29.8 Å². The Morgan fingerprint density at radius 3 is 2.29 bits per heavy atom. The molecule has 192 valence electrons. The lowest BCUT2D eigenvalue weighted by Gasteiger charge is -2.55. The van der Waals surface area contributed by atoms with Crippen molar-refractivity contribution in [1.29, 1.82) is 0 Å². The summed E-state index contributed by atoms with van der Waals surface area (Å²) in [5.74, 6) is 1.78. The molecule has 35 heavy (non-hydrogen) atoms. The third-order valence-corrected chi connectivity index (χ3v) is 9.23. The van der Waals surface area contributed by atoms with Gasteiger partial charge >= 0.3 is 5.97 Å². The van der Waals surface area contributed by atoms with Gasteiger partial charge < -0.3 is 10.1 Å². The van der Waals surface area contributed by atoms with Gasteiger partial charge in [0.25, 0.3) is 0 Å². The van der Waals surface area contributed by atoms with Crippen LogP contribution in [-0.2, 0) is 20.7 Å². The molecule has 2 unspecified atom stereocenters. The second-order valence-electron chi connectivity index (χ2n) is 11.7. The highest BCUT2D eigenvalue weighted by Gasteiger charge is 2.44. The molecule has 0 radical (unpaired) electrons. The van der Waals surface area contributed by atoms with E-state index in [0.29, 0.717) is 31.2 Å². The number of anilines is 1. The van der Waals surface area contributed by atoms with E-state index >= 15 is 0 Å². The molecule has 0 aromatic heterocycles. The van der Waals surface area contributed by atoms with E-state index in [1.807, 2.05) is 6.07 Å². The Labute approximate surface area is 211 Å². The zero-order valence-electron chi connectivity index (χ0n) is 21.6. The summed E-state index contributed by atoms with van der Waals surface area (Å²) < 4.78 is 4.97. The molecular weight excluding hydrogens is 436 g/mol. The molecule has 2 aliphatic carbocycles. The molecule has 5 heteroatoms. The molecule has 1 aromatic rings. The summed E-state index contributed by atoms with van der Waals surface area (Å²) in [7, 11) is 0. The Morgan fingerprint density at radius 2 is 1.57 bits per heavy atom. The van der Waals surface area contributed by atoms with Crippen LogP contribution in [0.2, 0.25) is 0 Å². The van der Waals surface area contributed by atoms with Gasteiger partial charge in [0.05, 0.1) is 13.0 Å². The summed E-state index contributed by atoms with van der Waals surface area (Å²) in [6.45, 7) is 2.16. The van der Waals surface area contributed by atoms with Crippen molar-refractivity contribution in [1.82, 2.24) is 4.90 Å². The second-order valence-corrected chi connectivity index (χ2v) is 11.7. The first-order chi connectivity index (χ1) is 17.1. The fourth-order valence-electron chi connectivity index (χ4n) is 7.88. The average molecular weight is 481 g/mol. The number of carbonyl (C=O) groups is 2. The largest absolute Gasteiger partial charge is 0.466 e. The van der Waals surface area contributed by atoms with Gasteiger partial charge in [-0.15, -0.1) is 0 Å². The lowest BCUT2D eigenvalue weighted by molar-refractivity contribution is -0.144. The van der Waals surface area contributed by atoms with E-state index in [-0.39, 0.29) is 24.6 Å². The van der Waals surface area contributed by atoms with Crippen LogP contribution < -0.4 is 5.32 Å². The van der Waals surface area contributed by atoms with E-state index in [2.05, 4.69) is 28.4 Å². The number of ketones is 1. The van der Waals surface area contributed by atoms with Crippen LogP contribution in [0.1, 0.15) is 96.0 Å². The van der Waals surface area contributed by atoms with Crippen molar-refractivity contribution in [3.63, 3.8) is 0 Å². The molecule has 1 N–H and O–H groups in total. The molecule has 2 saturated heterocycles. The number of Topliss-reactive ketones (excluding diaryl/α,β-unsaturated/α-hetero) is 1. The molecular formula is C30H44N2O3. The summed E-state index contributed by atoms with van der Waals surface area (Å²) in [6.07, 6.45) is 16.1. The standard InChI is InChI=1S/C30H44N2O3/c1-2-35-30(34)14-13-28(33)18-23-9-3-4-12-29(23)31-24-19-25-10-6-11-26(20-24)32(25)27-16-21-7-5-8-22(15-21)17-27/h3-4,9,12,21-22,24-27,31H,2,5-8,10-11,13-20H2,1H3/t21-,22+,24?,25-,26+,27?. The van der Waals surface area contributed by atoms with Crippen LogP contribution in [0.3, 0.4) is 0 Å². The molecule has 2 saturated carbocycles. The maximum absolute atomic E-state index is 12.6. The minimum absolute atomic E-state index is 0.0989. The fraction of sp³-hybridized carbons (Fsp3) is 0.733. The summed E-state index contributed by atoms with van der Waals surface area (Å²) in [5.41, 5.74) is 2.15. The minimum atomic E-state index is -0.285. The van der Waals surface area contributed by atoms with Crippen molar-refractivity contribution in [3.8, 4) is 0 Å². The number of ether oxygens (including phenoxy) is 1. The van der Waals surface area contributed by atoms with Crippen LogP contribution in [0.15, 0.2) is 24.3 Å². The van der Waals surface area contributed by atoms with Crippen LogP contribution in [0.5, 0.6) is 0 Å². The van der Waals surface area contributed by atoms with Crippen molar-refractivity contribution in [2.75, 3.05) is 11.9 Å². The van der Waals surface area contributed by atoms with Crippen molar-refractivity contribution < 1.29 is 14.3 Å². The summed E-state index contributed by atoms with van der Waals surface area (Å²) in [5, 5.41) is 3.86. The second kappa shape index (κ2) is 11.5. The Bertz CT molecular complexity index is 860. The molecule has 2 heterocycles. The Morgan fingerprint density at radius 1 is 0.886 bits per heavy atom. The van der Waals surface area contributed by atoms with Crippen LogP contribution in [0.4, 0.5) is 5.69 Å². The SMILES string of the molecule is CCOC(=O)CCC(=O)Cc1ccccc1NC1C[C@H]2CCC[C@@H](C1)N2C1C[C@H]2CCC[C@@H](C1)C2. The quantitative estimate of drug-likeness (QED) is 0.446. The fourth-order valence-corrected chi connectivity index (χ4v) is 7.88. The lowest BCUT2D eigenvalue weighted by atomic mass is 9.68. The lowest BCUT2D eigenvalue weighted by Crippen LogP contribution is -2.60. The van der Waals surface area contributed by atoms with E-state index in [9.17, 15) is 9.59 Å². The number of hydrogen-bond donors (Lipinski definition) is 1. The number of hydrogen-bond acceptors (Lipinski definition) is 5. The number of piperidine rings is 2. The van der Waals surface area contributed by atoms with Crippen LogP contribution in [0.25, 0.3) is 0 Å². The summed E-state index contributed by atoms with van der Waals surface area (Å²) >= 11 is 0. The molecule has 5 rings (SSSR count). The normalized spacial score (nSPS) is 32.6. The number of nitrogens with zero attached hydrogens (tertiary/aromatic N) is 1. The van der Waals surface area contributed by atoms with Crippen molar-refractivity contribution in [2.45, 2.75) is 121 Å². The molecule has 4 aliphatic rings. The number of nitrogens with one attached hydrogen (secondary N) is 1. The first-order valence-electron chi connectivity index (χ1n) is 14.4. The highest BCUT2D eigenvalue weighted by Crippen LogP contribution is 2.46. The molecule has 0 spiro atoms. The third kappa shape index (κ3) is 6.10. The van der Waals surface area contributed by atoms with Crippen LogP contribution in [-0.4, -0.2) is 47.4 Å². The highest BCUT2D eigenvalue weighted by atomic mass is 16.5. The number of carbonyl (C=O) groups excluding carboxylic acids is 2. The molecule has 6 atom stereocenters. The predicted octanol–water partition coefficient (Wildman–Crippen LogP) is 5.91.